The molecule has 1 aliphatic rings. The van der Waals surface area contributed by atoms with Gasteiger partial charge in [0.05, 0.1) is 5.02 Å². The van der Waals surface area contributed by atoms with E-state index in [1.54, 1.807) is 6.20 Å². The Bertz CT molecular complexity index is 771. The van der Waals surface area contributed by atoms with Gasteiger partial charge >= 0.3 is 0 Å². The Kier molecular flexibility index (Phi) is 6.38. The first-order chi connectivity index (χ1) is 12.5. The highest BCUT2D eigenvalue weighted by Crippen LogP contribution is 2.39. The lowest BCUT2D eigenvalue weighted by molar-refractivity contribution is 0.292. The predicted molar refractivity (Wildman–Crippen MR) is 114 cm³/mol. The normalized spacial score (nSPS) is 16.1. The first-order valence-electron chi connectivity index (χ1n) is 8.92. The second kappa shape index (κ2) is 8.55. The Balaban J connectivity index is 1.69. The van der Waals surface area contributed by atoms with E-state index < -0.39 is 0 Å². The molecule has 1 aliphatic carbocycles. The Labute approximate surface area is 170 Å². The molecular formula is C20H23Cl2N3S. The van der Waals surface area contributed by atoms with E-state index in [2.05, 4.69) is 27.8 Å². The van der Waals surface area contributed by atoms with Gasteiger partial charge in [-0.15, -0.1) is 0 Å². The maximum absolute atomic E-state index is 6.24. The molecule has 26 heavy (non-hydrogen) atoms. The molecule has 1 aromatic carbocycles. The molecule has 0 bridgehead atoms. The number of hydrogen-bond acceptors (Lipinski definition) is 2. The summed E-state index contributed by atoms with van der Waals surface area (Å²) in [5.74, 6) is 0.582. The van der Waals surface area contributed by atoms with Crippen molar-refractivity contribution >= 4 is 46.4 Å². The molecule has 0 amide bonds. The smallest absolute Gasteiger partial charge is 0.172 e. The molecule has 0 radical (unpaired) electrons. The van der Waals surface area contributed by atoms with E-state index in [0.717, 1.165) is 30.0 Å². The minimum Gasteiger partial charge on any atom is -0.362 e. The van der Waals surface area contributed by atoms with Gasteiger partial charge in [-0.3, -0.25) is 0 Å². The second-order valence-corrected chi connectivity index (χ2v) is 8.25. The highest BCUT2D eigenvalue weighted by Gasteiger charge is 2.33. The van der Waals surface area contributed by atoms with Crippen LogP contribution in [0.1, 0.15) is 43.2 Å². The highest BCUT2D eigenvalue weighted by molar-refractivity contribution is 7.80. The van der Waals surface area contributed by atoms with Crippen molar-refractivity contribution in [1.82, 2.24) is 10.3 Å². The van der Waals surface area contributed by atoms with Crippen molar-refractivity contribution in [1.29, 1.82) is 0 Å². The number of halogens is 2. The van der Waals surface area contributed by atoms with Gasteiger partial charge in [-0.25, -0.2) is 4.98 Å². The number of aryl methyl sites for hydroxylation is 1. The number of thiocarbonyl (C=S) groups is 1. The maximum Gasteiger partial charge on any atom is 0.172 e. The Morgan fingerprint density at radius 2 is 1.85 bits per heavy atom. The zero-order valence-electron chi connectivity index (χ0n) is 14.8. The van der Waals surface area contributed by atoms with Gasteiger partial charge < -0.3 is 10.6 Å². The fourth-order valence-electron chi connectivity index (χ4n) is 3.63. The van der Waals surface area contributed by atoms with E-state index >= 15 is 0 Å². The van der Waals surface area contributed by atoms with Crippen LogP contribution in [0.3, 0.4) is 0 Å². The van der Waals surface area contributed by atoms with Crippen molar-refractivity contribution in [3.05, 3.63) is 57.7 Å². The summed E-state index contributed by atoms with van der Waals surface area (Å²) in [6.45, 7) is 2.74. The van der Waals surface area contributed by atoms with Crippen LogP contribution in [0.2, 0.25) is 10.0 Å². The van der Waals surface area contributed by atoms with Gasteiger partial charge in [0.25, 0.3) is 0 Å². The van der Waals surface area contributed by atoms with Gasteiger partial charge in [0.1, 0.15) is 0 Å². The maximum atomic E-state index is 6.24. The molecule has 2 N–H and O–H groups in total. The Morgan fingerprint density at radius 1 is 1.15 bits per heavy atom. The monoisotopic (exact) mass is 407 g/mol. The lowest BCUT2D eigenvalue weighted by Gasteiger charge is -2.38. The summed E-state index contributed by atoms with van der Waals surface area (Å²) in [5, 5.41) is 8.38. The molecule has 3 rings (SSSR count). The summed E-state index contributed by atoms with van der Waals surface area (Å²) >= 11 is 17.8. The molecule has 2 aromatic rings. The summed E-state index contributed by atoms with van der Waals surface area (Å²) in [6.07, 6.45) is 7.82. The molecule has 0 spiro atoms. The topological polar surface area (TPSA) is 37.0 Å². The molecule has 0 aliphatic heterocycles. The number of aromatic nitrogens is 1. The van der Waals surface area contributed by atoms with E-state index in [9.17, 15) is 0 Å². The fraction of sp³-hybridized carbons (Fsp3) is 0.400. The molecule has 6 heteroatoms. The Hall–Kier alpha value is -1.36. The highest BCUT2D eigenvalue weighted by atomic mass is 35.5. The molecule has 0 saturated heterocycles. The number of hydrogen-bond donors (Lipinski definition) is 2. The van der Waals surface area contributed by atoms with Crippen molar-refractivity contribution in [2.45, 2.75) is 44.4 Å². The molecule has 0 unspecified atom stereocenters. The SMILES string of the molecule is Cc1cnc(NC(=S)NCC2(c3ccc(Cl)cc3)CCCCC2)c(Cl)c1. The molecule has 0 atom stereocenters. The molecule has 138 valence electrons. The quantitative estimate of drug-likeness (QED) is 0.619. The average molecular weight is 408 g/mol. The molecule has 1 saturated carbocycles. The number of anilines is 1. The van der Waals surface area contributed by atoms with Crippen molar-refractivity contribution in [3.8, 4) is 0 Å². The largest absolute Gasteiger partial charge is 0.362 e. The minimum atomic E-state index is 0.0824. The van der Waals surface area contributed by atoms with Crippen molar-refractivity contribution in [2.75, 3.05) is 11.9 Å². The van der Waals surface area contributed by atoms with Crippen LogP contribution < -0.4 is 10.6 Å². The average Bonchev–Trinajstić information content (AvgIpc) is 2.64. The zero-order valence-corrected chi connectivity index (χ0v) is 17.1. The number of pyridine rings is 1. The predicted octanol–water partition coefficient (Wildman–Crippen LogP) is 5.89. The van der Waals surface area contributed by atoms with Crippen molar-refractivity contribution in [3.63, 3.8) is 0 Å². The third-order valence-corrected chi connectivity index (χ3v) is 5.85. The van der Waals surface area contributed by atoms with E-state index in [4.69, 9.17) is 35.4 Å². The van der Waals surface area contributed by atoms with Gasteiger partial charge in [-0.1, -0.05) is 54.6 Å². The van der Waals surface area contributed by atoms with E-state index in [-0.39, 0.29) is 5.41 Å². The summed E-state index contributed by atoms with van der Waals surface area (Å²) in [7, 11) is 0. The summed E-state index contributed by atoms with van der Waals surface area (Å²) in [4.78, 5) is 4.31. The fourth-order valence-corrected chi connectivity index (χ4v) is 4.19. The number of nitrogens with one attached hydrogen (secondary N) is 2. The third-order valence-electron chi connectivity index (χ3n) is 5.06. The van der Waals surface area contributed by atoms with Crippen LogP contribution in [0.5, 0.6) is 0 Å². The minimum absolute atomic E-state index is 0.0824. The van der Waals surface area contributed by atoms with E-state index in [0.29, 0.717) is 16.0 Å². The summed E-state index contributed by atoms with van der Waals surface area (Å²) in [6, 6.07) is 10.1. The van der Waals surface area contributed by atoms with Gasteiger partial charge in [-0.05, 0) is 61.3 Å². The summed E-state index contributed by atoms with van der Waals surface area (Å²) < 4.78 is 0. The molecule has 1 heterocycles. The summed E-state index contributed by atoms with van der Waals surface area (Å²) in [5.41, 5.74) is 2.42. The van der Waals surface area contributed by atoms with Crippen LogP contribution in [0, 0.1) is 6.92 Å². The lowest BCUT2D eigenvalue weighted by Crippen LogP contribution is -2.43. The van der Waals surface area contributed by atoms with E-state index in [1.165, 1.54) is 24.8 Å². The number of rotatable bonds is 4. The first-order valence-corrected chi connectivity index (χ1v) is 10.1. The van der Waals surface area contributed by atoms with Crippen LogP contribution >= 0.6 is 35.4 Å². The van der Waals surface area contributed by atoms with Gasteiger partial charge in [0.2, 0.25) is 0 Å². The van der Waals surface area contributed by atoms with Gasteiger partial charge in [0, 0.05) is 23.2 Å². The van der Waals surface area contributed by atoms with Crippen LogP contribution in [0.4, 0.5) is 5.82 Å². The van der Waals surface area contributed by atoms with Crippen LogP contribution in [-0.2, 0) is 5.41 Å². The molecule has 1 fully saturated rings. The zero-order chi connectivity index (χ0) is 18.6. The third kappa shape index (κ3) is 4.67. The van der Waals surface area contributed by atoms with Crippen LogP contribution in [0.15, 0.2) is 36.5 Å². The molecule has 3 nitrogen and oxygen atoms in total. The van der Waals surface area contributed by atoms with Crippen molar-refractivity contribution in [2.24, 2.45) is 0 Å². The standard InChI is InChI=1S/C20H23Cl2N3S/c1-14-11-17(22)18(23-12-14)25-19(26)24-13-20(9-3-2-4-10-20)15-5-7-16(21)8-6-15/h5-8,11-12H,2-4,9-10,13H2,1H3,(H2,23,24,25,26). The lowest BCUT2D eigenvalue weighted by atomic mass is 9.69. The number of benzene rings is 1. The van der Waals surface area contributed by atoms with Gasteiger partial charge in [0.15, 0.2) is 10.9 Å². The molecule has 1 aromatic heterocycles. The van der Waals surface area contributed by atoms with E-state index in [1.807, 2.05) is 25.1 Å². The number of nitrogens with zero attached hydrogens (tertiary/aromatic N) is 1. The van der Waals surface area contributed by atoms with Crippen molar-refractivity contribution < 1.29 is 0 Å². The second-order valence-electron chi connectivity index (χ2n) is 7.00. The van der Waals surface area contributed by atoms with Gasteiger partial charge in [-0.2, -0.15) is 0 Å². The Morgan fingerprint density at radius 3 is 2.50 bits per heavy atom. The van der Waals surface area contributed by atoms with Crippen LogP contribution in [-0.4, -0.2) is 16.6 Å². The first kappa shape index (κ1) is 19.4. The van der Waals surface area contributed by atoms with Crippen LogP contribution in [0.25, 0.3) is 0 Å². The molecular weight excluding hydrogens is 385 g/mol.